The monoisotopic (exact) mass is 507 g/mol. The smallest absolute Gasteiger partial charge is 0.327 e. The predicted molar refractivity (Wildman–Crippen MR) is 144 cm³/mol. The van der Waals surface area contributed by atoms with E-state index in [4.69, 9.17) is 9.47 Å². The molecule has 0 bridgehead atoms. The number of hydrogen-bond donors (Lipinski definition) is 1. The molecule has 0 saturated heterocycles. The number of H-pyrrole nitrogens is 1. The molecule has 36 heavy (non-hydrogen) atoms. The van der Waals surface area contributed by atoms with Gasteiger partial charge in [-0.15, -0.1) is 0 Å². The van der Waals surface area contributed by atoms with Gasteiger partial charge in [-0.1, -0.05) is 36.4 Å². The summed E-state index contributed by atoms with van der Waals surface area (Å²) in [4.78, 5) is 20.3. The molecule has 0 aliphatic carbocycles. The summed E-state index contributed by atoms with van der Waals surface area (Å²) in [5.74, 6) is 0.763. The van der Waals surface area contributed by atoms with Gasteiger partial charge in [-0.3, -0.25) is 9.56 Å². The van der Waals surface area contributed by atoms with Crippen molar-refractivity contribution in [1.82, 2.24) is 9.55 Å². The molecular weight excluding hydrogens is 478 g/mol. The molecule has 3 aromatic carbocycles. The number of ether oxygens (including phenoxy) is 2. The summed E-state index contributed by atoms with van der Waals surface area (Å²) in [6.45, 7) is 2.27. The van der Waals surface area contributed by atoms with Gasteiger partial charge in [0.15, 0.2) is 11.5 Å². The molecule has 0 amide bonds. The standard InChI is InChI=1S/C27H29N3O5S/c1-5-35-26-15-19(11-13-25(26)34-3)24(17-36(4,32)33)30-23-12-10-18(14-22(23)29-27(30)31)21-9-7-6-8-20(21)16-28-2/h6-16,24H,5,17H2,1-4H3,(H,29,31). The molecule has 4 rings (SSSR count). The number of fused-ring (bicyclic) bond motifs is 1. The van der Waals surface area contributed by atoms with Crippen molar-refractivity contribution in [2.45, 2.75) is 13.0 Å². The SMILES string of the molecule is CCOc1cc(C(CS(C)(=O)=O)n2c(=O)[nH]c3cc(-c4ccccc4C=NC)ccc32)ccc1OC. The zero-order chi connectivity index (χ0) is 25.9. The van der Waals surface area contributed by atoms with Crippen LogP contribution < -0.4 is 15.2 Å². The van der Waals surface area contributed by atoms with E-state index in [-0.39, 0.29) is 5.75 Å². The van der Waals surface area contributed by atoms with E-state index >= 15 is 0 Å². The average Bonchev–Trinajstić information content (AvgIpc) is 3.17. The maximum absolute atomic E-state index is 13.2. The lowest BCUT2D eigenvalue weighted by Crippen LogP contribution is -2.28. The third-order valence-electron chi connectivity index (χ3n) is 5.90. The van der Waals surface area contributed by atoms with Crippen molar-refractivity contribution in [3.63, 3.8) is 0 Å². The normalized spacial score (nSPS) is 12.8. The summed E-state index contributed by atoms with van der Waals surface area (Å²) in [6, 6.07) is 18.0. The van der Waals surface area contributed by atoms with E-state index in [0.717, 1.165) is 22.9 Å². The topological polar surface area (TPSA) is 103 Å². The van der Waals surface area contributed by atoms with Crippen LogP contribution in [0.3, 0.4) is 0 Å². The second kappa shape index (κ2) is 10.4. The lowest BCUT2D eigenvalue weighted by Gasteiger charge is -2.20. The summed E-state index contributed by atoms with van der Waals surface area (Å²) in [7, 11) is -0.190. The lowest BCUT2D eigenvalue weighted by atomic mass is 9.99. The van der Waals surface area contributed by atoms with Gasteiger partial charge in [0.25, 0.3) is 0 Å². The first-order chi connectivity index (χ1) is 17.3. The summed E-state index contributed by atoms with van der Waals surface area (Å²) < 4.78 is 37.4. The Morgan fingerprint density at radius 3 is 2.56 bits per heavy atom. The molecule has 0 aliphatic heterocycles. The molecule has 1 unspecified atom stereocenters. The highest BCUT2D eigenvalue weighted by atomic mass is 32.2. The quantitative estimate of drug-likeness (QED) is 0.344. The summed E-state index contributed by atoms with van der Waals surface area (Å²) in [5.41, 5.74) is 4.29. The molecule has 0 fully saturated rings. The molecule has 1 aromatic heterocycles. The van der Waals surface area contributed by atoms with Crippen molar-refractivity contribution >= 4 is 27.1 Å². The van der Waals surface area contributed by atoms with Crippen molar-refractivity contribution in [3.8, 4) is 22.6 Å². The minimum Gasteiger partial charge on any atom is -0.493 e. The number of hydrogen-bond acceptors (Lipinski definition) is 6. The second-order valence-electron chi connectivity index (χ2n) is 8.46. The summed E-state index contributed by atoms with van der Waals surface area (Å²) in [6.07, 6.45) is 2.95. The molecule has 1 atom stereocenters. The zero-order valence-electron chi connectivity index (χ0n) is 20.7. The van der Waals surface area contributed by atoms with Crippen LogP contribution in [0.15, 0.2) is 70.5 Å². The first kappa shape index (κ1) is 25.2. The predicted octanol–water partition coefficient (Wildman–Crippen LogP) is 4.09. The largest absolute Gasteiger partial charge is 0.493 e. The van der Waals surface area contributed by atoms with Crippen LogP contribution in [0.1, 0.15) is 24.1 Å². The zero-order valence-corrected chi connectivity index (χ0v) is 21.5. The van der Waals surface area contributed by atoms with Crippen molar-refractivity contribution in [1.29, 1.82) is 0 Å². The summed E-state index contributed by atoms with van der Waals surface area (Å²) >= 11 is 0. The van der Waals surface area contributed by atoms with Gasteiger partial charge in [0.05, 0.1) is 36.5 Å². The molecule has 0 aliphatic rings. The molecule has 0 saturated carbocycles. The highest BCUT2D eigenvalue weighted by Gasteiger charge is 2.25. The number of nitrogens with one attached hydrogen (secondary N) is 1. The Labute approximate surface area is 210 Å². The Morgan fingerprint density at radius 2 is 1.86 bits per heavy atom. The van der Waals surface area contributed by atoms with Gasteiger partial charge in [0.1, 0.15) is 9.84 Å². The lowest BCUT2D eigenvalue weighted by molar-refractivity contribution is 0.310. The maximum atomic E-state index is 13.2. The fourth-order valence-corrected chi connectivity index (χ4v) is 5.31. The molecule has 0 spiro atoms. The highest BCUT2D eigenvalue weighted by Crippen LogP contribution is 2.33. The number of aliphatic imine (C=N–C) groups is 1. The van der Waals surface area contributed by atoms with Crippen LogP contribution in [0, 0.1) is 0 Å². The Hall–Kier alpha value is -3.85. The van der Waals surface area contributed by atoms with Gasteiger partial charge < -0.3 is 14.5 Å². The number of sulfone groups is 1. The molecule has 9 heteroatoms. The first-order valence-corrected chi connectivity index (χ1v) is 13.6. The molecule has 1 N–H and O–H groups in total. The Morgan fingerprint density at radius 1 is 1.08 bits per heavy atom. The van der Waals surface area contributed by atoms with E-state index in [9.17, 15) is 13.2 Å². The number of nitrogens with zero attached hydrogens (tertiary/aromatic N) is 2. The van der Waals surface area contributed by atoms with Crippen molar-refractivity contribution in [2.75, 3.05) is 32.8 Å². The molecule has 188 valence electrons. The Bertz CT molecular complexity index is 1580. The van der Waals surface area contributed by atoms with Crippen molar-refractivity contribution < 1.29 is 17.9 Å². The molecule has 0 radical (unpaired) electrons. The van der Waals surface area contributed by atoms with Crippen molar-refractivity contribution in [3.05, 3.63) is 82.3 Å². The number of rotatable bonds is 9. The van der Waals surface area contributed by atoms with Crippen LogP contribution in [0.5, 0.6) is 11.5 Å². The van der Waals surface area contributed by atoms with Gasteiger partial charge in [-0.2, -0.15) is 0 Å². The van der Waals surface area contributed by atoms with Gasteiger partial charge in [-0.25, -0.2) is 13.2 Å². The first-order valence-electron chi connectivity index (χ1n) is 11.5. The Kier molecular flexibility index (Phi) is 7.30. The summed E-state index contributed by atoms with van der Waals surface area (Å²) in [5, 5.41) is 0. The number of benzene rings is 3. The Balaban J connectivity index is 1.88. The maximum Gasteiger partial charge on any atom is 0.327 e. The minimum absolute atomic E-state index is 0.255. The van der Waals surface area contributed by atoms with Gasteiger partial charge >= 0.3 is 5.69 Å². The molecule has 8 nitrogen and oxygen atoms in total. The van der Waals surface area contributed by atoms with Crippen LogP contribution >= 0.6 is 0 Å². The van der Waals surface area contributed by atoms with E-state index in [1.54, 1.807) is 31.5 Å². The highest BCUT2D eigenvalue weighted by molar-refractivity contribution is 7.90. The van der Waals surface area contributed by atoms with E-state index < -0.39 is 21.6 Å². The van der Waals surface area contributed by atoms with Crippen LogP contribution in [-0.2, 0) is 9.84 Å². The fraction of sp³-hybridized carbons (Fsp3) is 0.259. The van der Waals surface area contributed by atoms with Gasteiger partial charge in [0.2, 0.25) is 0 Å². The van der Waals surface area contributed by atoms with E-state index in [1.807, 2.05) is 49.4 Å². The minimum atomic E-state index is -3.45. The third-order valence-corrected chi connectivity index (χ3v) is 6.82. The number of aromatic amines is 1. The molecule has 1 heterocycles. The van der Waals surface area contributed by atoms with Crippen LogP contribution in [0.4, 0.5) is 0 Å². The van der Waals surface area contributed by atoms with Crippen molar-refractivity contribution in [2.24, 2.45) is 4.99 Å². The number of aromatic nitrogens is 2. The third kappa shape index (κ3) is 5.21. The van der Waals surface area contributed by atoms with Crippen LogP contribution in [0.2, 0.25) is 0 Å². The van der Waals surface area contributed by atoms with E-state index in [1.165, 1.54) is 11.7 Å². The van der Waals surface area contributed by atoms with Gasteiger partial charge in [-0.05, 0) is 47.9 Å². The second-order valence-corrected chi connectivity index (χ2v) is 10.6. The van der Waals surface area contributed by atoms with E-state index in [2.05, 4.69) is 9.98 Å². The van der Waals surface area contributed by atoms with Crippen LogP contribution in [0.25, 0.3) is 22.2 Å². The molecule has 4 aromatic rings. The van der Waals surface area contributed by atoms with E-state index in [0.29, 0.717) is 34.7 Å². The fourth-order valence-electron chi connectivity index (χ4n) is 4.40. The van der Waals surface area contributed by atoms with Crippen LogP contribution in [-0.4, -0.2) is 57.0 Å². The number of methoxy groups -OCH3 is 1. The average molecular weight is 508 g/mol. The van der Waals surface area contributed by atoms with Gasteiger partial charge in [0, 0.05) is 25.1 Å². The number of imidazole rings is 1. The molecular formula is C27H29N3O5S.